The lowest BCUT2D eigenvalue weighted by molar-refractivity contribution is 0.249. The fourth-order valence-electron chi connectivity index (χ4n) is 0.940. The minimum atomic E-state index is -2.56. The van der Waals surface area contributed by atoms with Crippen LogP contribution < -0.4 is 0 Å². The first kappa shape index (κ1) is 10.0. The molecule has 0 radical (unpaired) electrons. The van der Waals surface area contributed by atoms with Crippen molar-refractivity contribution in [2.75, 3.05) is 0 Å². The van der Waals surface area contributed by atoms with Crippen LogP contribution in [0, 0.1) is 0 Å². The molecule has 0 aliphatic rings. The summed E-state index contributed by atoms with van der Waals surface area (Å²) >= 11 is 0.220. The highest BCUT2D eigenvalue weighted by molar-refractivity contribution is 7.99. The molecule has 4 nitrogen and oxygen atoms in total. The quantitative estimate of drug-likeness (QED) is 0.756. The molecule has 0 aromatic carbocycles. The van der Waals surface area contributed by atoms with Crippen molar-refractivity contribution in [1.29, 1.82) is 0 Å². The normalized spacial score (nSPS) is 10.9. The van der Waals surface area contributed by atoms with E-state index < -0.39 is 5.76 Å². The lowest BCUT2D eigenvalue weighted by Gasteiger charge is -1.92. The van der Waals surface area contributed by atoms with Gasteiger partial charge in [0.2, 0.25) is 5.89 Å². The van der Waals surface area contributed by atoms with Crippen molar-refractivity contribution in [3.05, 3.63) is 24.5 Å². The Hall–Kier alpha value is -1.50. The first-order valence-electron chi connectivity index (χ1n) is 3.94. The number of nitrogens with zero attached hydrogens (tertiary/aromatic N) is 3. The van der Waals surface area contributed by atoms with Gasteiger partial charge in [-0.25, -0.2) is 0 Å². The summed E-state index contributed by atoms with van der Waals surface area (Å²) in [5, 5.41) is 6.95. The van der Waals surface area contributed by atoms with Crippen LogP contribution in [-0.4, -0.2) is 20.9 Å². The third-order valence-electron chi connectivity index (χ3n) is 1.50. The third kappa shape index (κ3) is 2.50. The molecule has 0 fully saturated rings. The van der Waals surface area contributed by atoms with E-state index in [1.165, 1.54) is 6.20 Å². The Bertz CT molecular complexity index is 434. The molecule has 0 saturated carbocycles. The lowest BCUT2D eigenvalue weighted by atomic mass is 10.3. The Kier molecular flexibility index (Phi) is 2.91. The van der Waals surface area contributed by atoms with Gasteiger partial charge in [-0.15, -0.1) is 10.2 Å². The maximum Gasteiger partial charge on any atom is 0.293 e. The highest BCUT2D eigenvalue weighted by Crippen LogP contribution is 2.26. The molecule has 0 atom stereocenters. The van der Waals surface area contributed by atoms with Crippen molar-refractivity contribution in [2.45, 2.75) is 11.0 Å². The maximum atomic E-state index is 12.0. The second-order valence-corrected chi connectivity index (χ2v) is 3.43. The second kappa shape index (κ2) is 4.35. The Morgan fingerprint density at radius 3 is 2.87 bits per heavy atom. The number of rotatable bonds is 3. The van der Waals surface area contributed by atoms with Crippen LogP contribution >= 0.6 is 11.8 Å². The molecular weight excluding hydrogens is 224 g/mol. The summed E-state index contributed by atoms with van der Waals surface area (Å²) in [6.07, 6.45) is 3.11. The monoisotopic (exact) mass is 229 g/mol. The van der Waals surface area contributed by atoms with Crippen molar-refractivity contribution < 1.29 is 13.2 Å². The number of hydrogen-bond acceptors (Lipinski definition) is 5. The van der Waals surface area contributed by atoms with Crippen molar-refractivity contribution in [3.63, 3.8) is 0 Å². The average Bonchev–Trinajstić information content (AvgIpc) is 2.67. The van der Waals surface area contributed by atoms with E-state index in [9.17, 15) is 8.78 Å². The standard InChI is InChI=1S/C8H5F2N3OS/c9-7(10)15-8-13-12-6(14-8)5-2-1-3-11-4-5/h1-4,7H. The molecule has 0 amide bonds. The molecule has 15 heavy (non-hydrogen) atoms. The molecule has 0 aliphatic heterocycles. The van der Waals surface area contributed by atoms with E-state index in [-0.39, 0.29) is 22.9 Å². The molecule has 7 heteroatoms. The molecular formula is C8H5F2N3OS. The molecule has 2 aromatic rings. The summed E-state index contributed by atoms with van der Waals surface area (Å²) in [4.78, 5) is 3.85. The van der Waals surface area contributed by atoms with E-state index in [0.29, 0.717) is 5.56 Å². The van der Waals surface area contributed by atoms with Gasteiger partial charge in [-0.05, 0) is 12.1 Å². The summed E-state index contributed by atoms with van der Waals surface area (Å²) in [7, 11) is 0. The highest BCUT2D eigenvalue weighted by Gasteiger charge is 2.13. The van der Waals surface area contributed by atoms with Crippen LogP contribution in [0.15, 0.2) is 34.2 Å². The predicted octanol–water partition coefficient (Wildman–Crippen LogP) is 2.45. The molecule has 2 aromatic heterocycles. The number of pyridine rings is 1. The zero-order valence-electron chi connectivity index (χ0n) is 7.30. The molecule has 0 saturated heterocycles. The number of halogens is 2. The number of hydrogen-bond donors (Lipinski definition) is 0. The van der Waals surface area contributed by atoms with Crippen molar-refractivity contribution in [1.82, 2.24) is 15.2 Å². The minimum Gasteiger partial charge on any atom is -0.411 e. The molecule has 0 spiro atoms. The minimum absolute atomic E-state index is 0.149. The topological polar surface area (TPSA) is 51.8 Å². The molecule has 0 aliphatic carbocycles. The molecule has 78 valence electrons. The van der Waals surface area contributed by atoms with Gasteiger partial charge >= 0.3 is 0 Å². The second-order valence-electron chi connectivity index (χ2n) is 2.49. The van der Waals surface area contributed by atoms with Crippen molar-refractivity contribution >= 4 is 11.8 Å². The van der Waals surface area contributed by atoms with Gasteiger partial charge in [0.15, 0.2) is 0 Å². The zero-order valence-corrected chi connectivity index (χ0v) is 8.12. The van der Waals surface area contributed by atoms with E-state index in [4.69, 9.17) is 4.42 Å². The molecule has 2 rings (SSSR count). The largest absolute Gasteiger partial charge is 0.411 e. The number of alkyl halides is 2. The van der Waals surface area contributed by atoms with Crippen molar-refractivity contribution in [3.8, 4) is 11.5 Å². The number of aromatic nitrogens is 3. The van der Waals surface area contributed by atoms with E-state index in [0.717, 1.165) is 0 Å². The zero-order chi connectivity index (χ0) is 10.7. The summed E-state index contributed by atoms with van der Waals surface area (Å²) < 4.78 is 28.9. The molecule has 0 N–H and O–H groups in total. The highest BCUT2D eigenvalue weighted by atomic mass is 32.2. The lowest BCUT2D eigenvalue weighted by Crippen LogP contribution is -1.80. The maximum absolute atomic E-state index is 12.0. The van der Waals surface area contributed by atoms with Crippen LogP contribution in [-0.2, 0) is 0 Å². The van der Waals surface area contributed by atoms with E-state index in [2.05, 4.69) is 15.2 Å². The van der Waals surface area contributed by atoms with Crippen LogP contribution in [0.25, 0.3) is 11.5 Å². The average molecular weight is 229 g/mol. The predicted molar refractivity (Wildman–Crippen MR) is 49.4 cm³/mol. The van der Waals surface area contributed by atoms with Gasteiger partial charge in [-0.3, -0.25) is 4.98 Å². The Balaban J connectivity index is 2.21. The first-order chi connectivity index (χ1) is 7.25. The first-order valence-corrected chi connectivity index (χ1v) is 4.82. The smallest absolute Gasteiger partial charge is 0.293 e. The van der Waals surface area contributed by atoms with Crippen molar-refractivity contribution in [2.24, 2.45) is 0 Å². The van der Waals surface area contributed by atoms with Gasteiger partial charge in [0.1, 0.15) is 0 Å². The fraction of sp³-hybridized carbons (Fsp3) is 0.125. The Morgan fingerprint density at radius 2 is 2.20 bits per heavy atom. The van der Waals surface area contributed by atoms with Gasteiger partial charge in [-0.1, -0.05) is 0 Å². The molecule has 0 unspecified atom stereocenters. The SMILES string of the molecule is FC(F)Sc1nnc(-c2cccnc2)o1. The number of thioether (sulfide) groups is 1. The Labute approximate surface area is 87.7 Å². The summed E-state index contributed by atoms with van der Waals surface area (Å²) in [5.41, 5.74) is 0.603. The molecule has 2 heterocycles. The van der Waals surface area contributed by atoms with Crippen LogP contribution in [0.4, 0.5) is 8.78 Å². The van der Waals surface area contributed by atoms with Gasteiger partial charge in [0, 0.05) is 24.2 Å². The van der Waals surface area contributed by atoms with Gasteiger partial charge in [-0.2, -0.15) is 8.78 Å². The summed E-state index contributed by atoms with van der Waals surface area (Å²) in [5.74, 6) is -2.38. The fourth-order valence-corrected chi connectivity index (χ4v) is 1.31. The molecule has 0 bridgehead atoms. The van der Waals surface area contributed by atoms with E-state index in [1.54, 1.807) is 18.3 Å². The van der Waals surface area contributed by atoms with E-state index >= 15 is 0 Å². The van der Waals surface area contributed by atoms with E-state index in [1.807, 2.05) is 0 Å². The van der Waals surface area contributed by atoms with Crippen LogP contribution in [0.5, 0.6) is 0 Å². The summed E-state index contributed by atoms with van der Waals surface area (Å²) in [6, 6.07) is 3.40. The van der Waals surface area contributed by atoms with Gasteiger partial charge < -0.3 is 4.42 Å². The van der Waals surface area contributed by atoms with Gasteiger partial charge in [0.05, 0.1) is 5.56 Å². The van der Waals surface area contributed by atoms with Crippen LogP contribution in [0.3, 0.4) is 0 Å². The van der Waals surface area contributed by atoms with Crippen LogP contribution in [0.2, 0.25) is 0 Å². The van der Waals surface area contributed by atoms with Gasteiger partial charge in [0.25, 0.3) is 11.0 Å². The summed E-state index contributed by atoms with van der Waals surface area (Å²) in [6.45, 7) is 0. The Morgan fingerprint density at radius 1 is 1.33 bits per heavy atom. The van der Waals surface area contributed by atoms with Crippen LogP contribution in [0.1, 0.15) is 0 Å². The third-order valence-corrected chi connectivity index (χ3v) is 2.05.